The van der Waals surface area contributed by atoms with Crippen LogP contribution in [0.2, 0.25) is 0 Å². The van der Waals surface area contributed by atoms with Gasteiger partial charge in [0.1, 0.15) is 5.82 Å². The molecule has 1 aromatic rings. The van der Waals surface area contributed by atoms with Gasteiger partial charge in [-0.3, -0.25) is 0 Å². The zero-order valence-electron chi connectivity index (χ0n) is 14.0. The third-order valence-corrected chi connectivity index (χ3v) is 4.14. The van der Waals surface area contributed by atoms with E-state index >= 15 is 0 Å². The van der Waals surface area contributed by atoms with Crippen LogP contribution >= 0.6 is 0 Å². The van der Waals surface area contributed by atoms with Gasteiger partial charge in [-0.05, 0) is 64.0 Å². The molecular formula is C17H30N4. The molecule has 21 heavy (non-hydrogen) atoms. The number of aryl methyl sites for hydroxylation is 1. The average Bonchev–Trinajstić information content (AvgIpc) is 2.44. The van der Waals surface area contributed by atoms with Crippen molar-refractivity contribution in [2.24, 2.45) is 5.92 Å². The van der Waals surface area contributed by atoms with Crippen molar-refractivity contribution in [3.63, 3.8) is 0 Å². The van der Waals surface area contributed by atoms with E-state index in [0.717, 1.165) is 43.6 Å². The fraction of sp³-hybridized carbons (Fsp3) is 0.706. The molecule has 0 atom stereocenters. The van der Waals surface area contributed by atoms with Crippen molar-refractivity contribution < 1.29 is 0 Å². The monoisotopic (exact) mass is 290 g/mol. The molecule has 2 heterocycles. The Balaban J connectivity index is 1.97. The summed E-state index contributed by atoms with van der Waals surface area (Å²) in [4.78, 5) is 9.50. The fourth-order valence-electron chi connectivity index (χ4n) is 3.12. The Morgan fingerprint density at radius 1 is 1.29 bits per heavy atom. The number of nitrogens with zero attached hydrogens (tertiary/aromatic N) is 3. The highest BCUT2D eigenvalue weighted by Crippen LogP contribution is 2.23. The molecule has 1 aliphatic rings. The maximum atomic E-state index is 4.74. The number of nitrogens with one attached hydrogen (secondary N) is 1. The predicted molar refractivity (Wildman–Crippen MR) is 89.8 cm³/mol. The van der Waals surface area contributed by atoms with E-state index in [4.69, 9.17) is 4.98 Å². The summed E-state index contributed by atoms with van der Waals surface area (Å²) in [6.07, 6.45) is 2.55. The van der Waals surface area contributed by atoms with E-state index in [1.54, 1.807) is 0 Å². The van der Waals surface area contributed by atoms with Crippen LogP contribution in [-0.4, -0.2) is 50.2 Å². The van der Waals surface area contributed by atoms with Crippen molar-refractivity contribution in [3.8, 4) is 0 Å². The Labute approximate surface area is 129 Å². The lowest BCUT2D eigenvalue weighted by molar-refractivity contribution is 0.284. The van der Waals surface area contributed by atoms with E-state index in [1.165, 1.54) is 24.9 Å². The van der Waals surface area contributed by atoms with Gasteiger partial charge in [-0.2, -0.15) is 0 Å². The summed E-state index contributed by atoms with van der Waals surface area (Å²) in [5, 5.41) is 3.40. The molecule has 118 valence electrons. The second-order valence-electron chi connectivity index (χ2n) is 6.45. The Morgan fingerprint density at radius 2 is 2.00 bits per heavy atom. The van der Waals surface area contributed by atoms with Crippen molar-refractivity contribution in [3.05, 3.63) is 23.4 Å². The molecule has 0 aromatic carbocycles. The van der Waals surface area contributed by atoms with Crippen LogP contribution < -0.4 is 10.2 Å². The zero-order chi connectivity index (χ0) is 15.2. The number of hydrogen-bond acceptors (Lipinski definition) is 4. The number of aromatic nitrogens is 1. The summed E-state index contributed by atoms with van der Waals surface area (Å²) in [5.74, 6) is 1.99. The topological polar surface area (TPSA) is 31.4 Å². The molecule has 1 N–H and O–H groups in total. The van der Waals surface area contributed by atoms with Crippen molar-refractivity contribution >= 4 is 5.82 Å². The number of hydrogen-bond donors (Lipinski definition) is 1. The van der Waals surface area contributed by atoms with Crippen LogP contribution in [0.1, 0.15) is 31.0 Å². The smallest absolute Gasteiger partial charge is 0.129 e. The Kier molecular flexibility index (Phi) is 6.00. The first-order chi connectivity index (χ1) is 10.1. The quantitative estimate of drug-likeness (QED) is 0.871. The Hall–Kier alpha value is -1.13. The predicted octanol–water partition coefficient (Wildman–Crippen LogP) is 2.28. The minimum absolute atomic E-state index is 0.835. The van der Waals surface area contributed by atoms with Crippen molar-refractivity contribution in [1.82, 2.24) is 15.2 Å². The van der Waals surface area contributed by atoms with Crippen molar-refractivity contribution in [2.75, 3.05) is 45.2 Å². The zero-order valence-corrected chi connectivity index (χ0v) is 14.0. The maximum Gasteiger partial charge on any atom is 0.129 e. The molecule has 0 unspecified atom stereocenters. The molecule has 0 bridgehead atoms. The molecule has 1 aliphatic heterocycles. The summed E-state index contributed by atoms with van der Waals surface area (Å²) in [7, 11) is 4.34. The van der Waals surface area contributed by atoms with Crippen LogP contribution in [-0.2, 0) is 6.54 Å². The highest BCUT2D eigenvalue weighted by Gasteiger charge is 2.20. The second kappa shape index (κ2) is 7.76. The normalized spacial score (nSPS) is 16.7. The van der Waals surface area contributed by atoms with E-state index in [-0.39, 0.29) is 0 Å². The average molecular weight is 290 g/mol. The minimum atomic E-state index is 0.835. The van der Waals surface area contributed by atoms with Gasteiger partial charge in [0.15, 0.2) is 0 Å². The van der Waals surface area contributed by atoms with Gasteiger partial charge in [0, 0.05) is 31.9 Å². The summed E-state index contributed by atoms with van der Waals surface area (Å²) >= 11 is 0. The maximum absolute atomic E-state index is 4.74. The molecule has 1 fully saturated rings. The van der Waals surface area contributed by atoms with Gasteiger partial charge < -0.3 is 15.1 Å². The number of pyridine rings is 1. The van der Waals surface area contributed by atoms with Gasteiger partial charge in [-0.1, -0.05) is 6.92 Å². The number of anilines is 1. The summed E-state index contributed by atoms with van der Waals surface area (Å²) < 4.78 is 0. The van der Waals surface area contributed by atoms with Crippen LogP contribution in [0.5, 0.6) is 0 Å². The van der Waals surface area contributed by atoms with Crippen LogP contribution in [0, 0.1) is 12.8 Å². The summed E-state index contributed by atoms with van der Waals surface area (Å²) in [6, 6.07) is 4.44. The largest absolute Gasteiger partial charge is 0.357 e. The molecule has 1 saturated heterocycles. The molecule has 2 rings (SSSR count). The van der Waals surface area contributed by atoms with Crippen LogP contribution in [0.4, 0.5) is 5.82 Å². The molecule has 1 aromatic heterocycles. The Morgan fingerprint density at radius 3 is 2.62 bits per heavy atom. The molecule has 4 nitrogen and oxygen atoms in total. The number of piperidine rings is 1. The standard InChI is InChI=1S/C17H30N4/c1-5-18-12-16-10-14(2)19-17(11-16)21-8-6-15(7-9-21)13-20(3)4/h10-11,15,18H,5-9,12-13H2,1-4H3. The van der Waals surface area contributed by atoms with Gasteiger partial charge in [-0.25, -0.2) is 4.98 Å². The highest BCUT2D eigenvalue weighted by molar-refractivity contribution is 5.43. The van der Waals surface area contributed by atoms with E-state index in [0.29, 0.717) is 0 Å². The Bertz CT molecular complexity index is 436. The summed E-state index contributed by atoms with van der Waals surface area (Å²) in [5.41, 5.74) is 2.46. The second-order valence-corrected chi connectivity index (χ2v) is 6.45. The van der Waals surface area contributed by atoms with Gasteiger partial charge in [-0.15, -0.1) is 0 Å². The molecular weight excluding hydrogens is 260 g/mol. The fourth-order valence-corrected chi connectivity index (χ4v) is 3.12. The van der Waals surface area contributed by atoms with Gasteiger partial charge >= 0.3 is 0 Å². The lowest BCUT2D eigenvalue weighted by Gasteiger charge is -2.34. The van der Waals surface area contributed by atoms with Crippen molar-refractivity contribution in [1.29, 1.82) is 0 Å². The molecule has 0 aliphatic carbocycles. The number of rotatable bonds is 6. The van der Waals surface area contributed by atoms with Crippen molar-refractivity contribution in [2.45, 2.75) is 33.2 Å². The molecule has 4 heteroatoms. The SMILES string of the molecule is CCNCc1cc(C)nc(N2CCC(CN(C)C)CC2)c1. The first-order valence-corrected chi connectivity index (χ1v) is 8.16. The van der Waals surface area contributed by atoms with E-state index < -0.39 is 0 Å². The van der Waals surface area contributed by atoms with E-state index in [1.807, 2.05) is 0 Å². The minimum Gasteiger partial charge on any atom is -0.357 e. The molecule has 0 amide bonds. The highest BCUT2D eigenvalue weighted by atomic mass is 15.2. The lowest BCUT2D eigenvalue weighted by atomic mass is 9.96. The first kappa shape index (κ1) is 16.2. The molecule has 0 radical (unpaired) electrons. The van der Waals surface area contributed by atoms with Gasteiger partial charge in [0.2, 0.25) is 0 Å². The van der Waals surface area contributed by atoms with Crippen LogP contribution in [0.15, 0.2) is 12.1 Å². The third-order valence-electron chi connectivity index (χ3n) is 4.14. The van der Waals surface area contributed by atoms with Gasteiger partial charge in [0.05, 0.1) is 0 Å². The third kappa shape index (κ3) is 4.97. The lowest BCUT2D eigenvalue weighted by Crippen LogP contribution is -2.37. The first-order valence-electron chi connectivity index (χ1n) is 8.16. The van der Waals surface area contributed by atoms with Crippen LogP contribution in [0.25, 0.3) is 0 Å². The molecule has 0 saturated carbocycles. The summed E-state index contributed by atoms with van der Waals surface area (Å²) in [6.45, 7) is 9.66. The van der Waals surface area contributed by atoms with Gasteiger partial charge in [0.25, 0.3) is 0 Å². The molecule has 0 spiro atoms. The van der Waals surface area contributed by atoms with E-state index in [2.05, 4.69) is 55.2 Å². The van der Waals surface area contributed by atoms with Crippen LogP contribution in [0.3, 0.4) is 0 Å². The van der Waals surface area contributed by atoms with E-state index in [9.17, 15) is 0 Å².